The van der Waals surface area contributed by atoms with Gasteiger partial charge in [0.1, 0.15) is 30.9 Å². The first-order chi connectivity index (χ1) is 14.3. The second-order valence-electron chi connectivity index (χ2n) is 6.40. The van der Waals surface area contributed by atoms with Gasteiger partial charge in [-0.25, -0.2) is 0 Å². The third-order valence-electron chi connectivity index (χ3n) is 4.00. The van der Waals surface area contributed by atoms with Crippen LogP contribution in [0, 0.1) is 12.3 Å². The van der Waals surface area contributed by atoms with E-state index in [-0.39, 0.29) is 13.2 Å². The molecule has 0 spiro atoms. The minimum atomic E-state index is -1.01. The van der Waals surface area contributed by atoms with E-state index in [9.17, 15) is 14.4 Å². The molecule has 9 heteroatoms. The zero-order chi connectivity index (χ0) is 22.1. The second kappa shape index (κ2) is 11.6. The Morgan fingerprint density at radius 2 is 1.63 bits per heavy atom. The Morgan fingerprint density at radius 3 is 2.20 bits per heavy atom. The molecule has 0 bridgehead atoms. The summed E-state index contributed by atoms with van der Waals surface area (Å²) in [5, 5.41) is 0. The normalized spacial score (nSPS) is 25.6. The SMILES string of the molecule is C#CCOC1[C@@H](OC(C)=O)C(COC(C)=O)O[C@@H](Sc2ccccc2)[C@H]1OC(C)=O. The molecule has 1 saturated heterocycles. The van der Waals surface area contributed by atoms with Crippen LogP contribution in [0.3, 0.4) is 0 Å². The molecule has 30 heavy (non-hydrogen) atoms. The number of hydrogen-bond donors (Lipinski definition) is 0. The van der Waals surface area contributed by atoms with E-state index in [4.69, 9.17) is 30.1 Å². The van der Waals surface area contributed by atoms with Gasteiger partial charge in [0.05, 0.1) is 0 Å². The van der Waals surface area contributed by atoms with Crippen molar-refractivity contribution in [3.05, 3.63) is 30.3 Å². The van der Waals surface area contributed by atoms with Gasteiger partial charge in [-0.15, -0.1) is 6.42 Å². The molecule has 0 saturated carbocycles. The number of hydrogen-bond acceptors (Lipinski definition) is 9. The zero-order valence-corrected chi connectivity index (χ0v) is 17.8. The monoisotopic (exact) mass is 436 g/mol. The molecule has 0 radical (unpaired) electrons. The van der Waals surface area contributed by atoms with Gasteiger partial charge in [0.25, 0.3) is 0 Å². The zero-order valence-electron chi connectivity index (χ0n) is 16.9. The van der Waals surface area contributed by atoms with E-state index < -0.39 is 47.8 Å². The predicted molar refractivity (Wildman–Crippen MR) is 107 cm³/mol. The first-order valence-electron chi connectivity index (χ1n) is 9.21. The van der Waals surface area contributed by atoms with Crippen LogP contribution in [0.4, 0.5) is 0 Å². The highest BCUT2D eigenvalue weighted by Crippen LogP contribution is 2.37. The highest BCUT2D eigenvalue weighted by Gasteiger charge is 2.51. The fourth-order valence-electron chi connectivity index (χ4n) is 2.93. The lowest BCUT2D eigenvalue weighted by molar-refractivity contribution is -0.237. The number of esters is 3. The second-order valence-corrected chi connectivity index (χ2v) is 7.58. The van der Waals surface area contributed by atoms with Gasteiger partial charge >= 0.3 is 17.9 Å². The fraction of sp³-hybridized carbons (Fsp3) is 0.476. The summed E-state index contributed by atoms with van der Waals surface area (Å²) in [6, 6.07) is 9.33. The molecule has 1 heterocycles. The van der Waals surface area contributed by atoms with E-state index >= 15 is 0 Å². The van der Waals surface area contributed by atoms with Crippen molar-refractivity contribution in [2.24, 2.45) is 0 Å². The lowest BCUT2D eigenvalue weighted by Gasteiger charge is -2.44. The fourth-order valence-corrected chi connectivity index (χ4v) is 4.05. The molecule has 162 valence electrons. The van der Waals surface area contributed by atoms with Crippen LogP contribution in [-0.4, -0.2) is 61.0 Å². The summed E-state index contributed by atoms with van der Waals surface area (Å²) in [7, 11) is 0. The van der Waals surface area contributed by atoms with Crippen LogP contribution < -0.4 is 0 Å². The summed E-state index contributed by atoms with van der Waals surface area (Å²) in [6.45, 7) is 3.46. The van der Waals surface area contributed by atoms with E-state index in [2.05, 4.69) is 5.92 Å². The van der Waals surface area contributed by atoms with Gasteiger partial charge in [0.15, 0.2) is 12.2 Å². The molecule has 1 fully saturated rings. The number of thioether (sulfide) groups is 1. The van der Waals surface area contributed by atoms with E-state index in [1.54, 1.807) is 0 Å². The average molecular weight is 436 g/mol. The van der Waals surface area contributed by atoms with Crippen LogP contribution in [0.1, 0.15) is 20.8 Å². The quantitative estimate of drug-likeness (QED) is 0.344. The van der Waals surface area contributed by atoms with Gasteiger partial charge in [-0.1, -0.05) is 35.9 Å². The molecule has 0 N–H and O–H groups in total. The minimum absolute atomic E-state index is 0.108. The smallest absolute Gasteiger partial charge is 0.303 e. The number of ether oxygens (including phenoxy) is 5. The number of terminal acetylenes is 1. The van der Waals surface area contributed by atoms with Crippen molar-refractivity contribution in [1.82, 2.24) is 0 Å². The maximum atomic E-state index is 11.8. The molecule has 1 aromatic carbocycles. The molecule has 0 amide bonds. The summed E-state index contributed by atoms with van der Waals surface area (Å²) in [5.74, 6) is 0.684. The van der Waals surface area contributed by atoms with Crippen molar-refractivity contribution in [3.8, 4) is 12.3 Å². The van der Waals surface area contributed by atoms with E-state index in [0.717, 1.165) is 4.90 Å². The largest absolute Gasteiger partial charge is 0.463 e. The molecule has 8 nitrogen and oxygen atoms in total. The standard InChI is InChI=1S/C21H24O8S/c1-5-11-25-19-18(27-14(3)23)17(12-26-13(2)22)29-21(20(19)28-15(4)24)30-16-9-7-6-8-10-16/h1,6-10,17-21H,11-12H2,2-4H3/t17?,18-,19?,20-,21-/m0/s1. The lowest BCUT2D eigenvalue weighted by Crippen LogP contribution is -2.61. The summed E-state index contributed by atoms with van der Waals surface area (Å²) in [6.07, 6.45) is 1.62. The Bertz CT molecular complexity index is 775. The summed E-state index contributed by atoms with van der Waals surface area (Å²) in [5.41, 5.74) is -0.730. The molecule has 5 atom stereocenters. The Balaban J connectivity index is 2.39. The number of carbonyl (C=O) groups is 3. The van der Waals surface area contributed by atoms with Gasteiger partial charge < -0.3 is 23.7 Å². The van der Waals surface area contributed by atoms with Crippen molar-refractivity contribution < 1.29 is 38.1 Å². The molecule has 1 aromatic rings. The number of carbonyl (C=O) groups excluding carboxylic acids is 3. The third-order valence-corrected chi connectivity index (χ3v) is 5.16. The van der Waals surface area contributed by atoms with Gasteiger partial charge in [-0.05, 0) is 12.1 Å². The Kier molecular flexibility index (Phi) is 9.17. The summed E-state index contributed by atoms with van der Waals surface area (Å²) < 4.78 is 27.8. The van der Waals surface area contributed by atoms with Crippen LogP contribution in [0.15, 0.2) is 35.2 Å². The highest BCUT2D eigenvalue weighted by molar-refractivity contribution is 7.99. The van der Waals surface area contributed by atoms with E-state index in [1.165, 1.54) is 32.5 Å². The molecule has 1 aliphatic heterocycles. The molecule has 0 aromatic heterocycles. The molecule has 2 unspecified atom stereocenters. The van der Waals surface area contributed by atoms with Crippen molar-refractivity contribution in [2.75, 3.05) is 13.2 Å². The van der Waals surface area contributed by atoms with Crippen LogP contribution in [-0.2, 0) is 38.1 Å². The van der Waals surface area contributed by atoms with Gasteiger partial charge in [0, 0.05) is 25.7 Å². The number of rotatable bonds is 8. The van der Waals surface area contributed by atoms with Crippen LogP contribution in [0.5, 0.6) is 0 Å². The summed E-state index contributed by atoms with van der Waals surface area (Å²) in [4.78, 5) is 35.7. The topological polar surface area (TPSA) is 97.4 Å². The minimum Gasteiger partial charge on any atom is -0.463 e. The van der Waals surface area contributed by atoms with Gasteiger partial charge in [-0.2, -0.15) is 0 Å². The van der Waals surface area contributed by atoms with Crippen molar-refractivity contribution in [3.63, 3.8) is 0 Å². The van der Waals surface area contributed by atoms with E-state index in [1.807, 2.05) is 30.3 Å². The van der Waals surface area contributed by atoms with Crippen molar-refractivity contribution >= 4 is 29.7 Å². The summed E-state index contributed by atoms with van der Waals surface area (Å²) >= 11 is 1.30. The molecule has 1 aliphatic rings. The van der Waals surface area contributed by atoms with Gasteiger partial charge in [-0.3, -0.25) is 14.4 Å². The van der Waals surface area contributed by atoms with Gasteiger partial charge in [0.2, 0.25) is 0 Å². The molecule has 0 aliphatic carbocycles. The maximum Gasteiger partial charge on any atom is 0.303 e. The first kappa shape index (κ1) is 23.7. The van der Waals surface area contributed by atoms with Crippen LogP contribution in [0.2, 0.25) is 0 Å². The van der Waals surface area contributed by atoms with Crippen molar-refractivity contribution in [2.45, 2.75) is 55.5 Å². The molecular formula is C21H24O8S. The lowest BCUT2D eigenvalue weighted by atomic mass is 9.99. The van der Waals surface area contributed by atoms with Crippen molar-refractivity contribution in [1.29, 1.82) is 0 Å². The molecular weight excluding hydrogens is 412 g/mol. The number of benzene rings is 1. The third kappa shape index (κ3) is 7.06. The van der Waals surface area contributed by atoms with E-state index in [0.29, 0.717) is 0 Å². The van der Waals surface area contributed by atoms with Crippen LogP contribution >= 0.6 is 11.8 Å². The Morgan fingerprint density at radius 1 is 1.00 bits per heavy atom. The first-order valence-corrected chi connectivity index (χ1v) is 10.1. The Labute approximate surface area is 179 Å². The molecule has 2 rings (SSSR count). The Hall–Kier alpha value is -2.54. The maximum absolute atomic E-state index is 11.8. The highest BCUT2D eigenvalue weighted by atomic mass is 32.2. The predicted octanol–water partition coefficient (Wildman–Crippen LogP) is 1.95. The average Bonchev–Trinajstić information content (AvgIpc) is 2.68. The van der Waals surface area contributed by atoms with Crippen LogP contribution in [0.25, 0.3) is 0 Å².